The van der Waals surface area contributed by atoms with Crippen molar-refractivity contribution in [3.8, 4) is 0 Å². The molecular weight excluding hydrogens is 292 g/mol. The molecule has 1 aromatic carbocycles. The van der Waals surface area contributed by atoms with Crippen molar-refractivity contribution in [3.05, 3.63) is 29.3 Å². The van der Waals surface area contributed by atoms with Gasteiger partial charge in [-0.2, -0.15) is 0 Å². The van der Waals surface area contributed by atoms with Crippen LogP contribution in [-0.2, 0) is 9.47 Å². The van der Waals surface area contributed by atoms with Gasteiger partial charge in [0.15, 0.2) is 0 Å². The van der Waals surface area contributed by atoms with Crippen LogP contribution in [0, 0.1) is 0 Å². The zero-order chi connectivity index (χ0) is 14.9. The molecule has 1 atom stereocenters. The van der Waals surface area contributed by atoms with Crippen LogP contribution in [0.5, 0.6) is 0 Å². The maximum atomic E-state index is 11.6. The van der Waals surface area contributed by atoms with Crippen molar-refractivity contribution >= 4 is 23.3 Å². The van der Waals surface area contributed by atoms with Crippen molar-refractivity contribution < 1.29 is 14.3 Å². The summed E-state index contributed by atoms with van der Waals surface area (Å²) in [6.07, 6.45) is 3.24. The molecule has 0 unspecified atom stereocenters. The highest BCUT2D eigenvalue weighted by Crippen LogP contribution is 2.13. The van der Waals surface area contributed by atoms with E-state index in [-0.39, 0.29) is 12.1 Å². The van der Waals surface area contributed by atoms with E-state index in [9.17, 15) is 4.79 Å². The number of carbonyl (C=O) groups is 1. The molecule has 6 heteroatoms. The highest BCUT2D eigenvalue weighted by molar-refractivity contribution is 6.30. The van der Waals surface area contributed by atoms with Crippen molar-refractivity contribution in [1.29, 1.82) is 0 Å². The van der Waals surface area contributed by atoms with Gasteiger partial charge in [0.05, 0.1) is 12.7 Å². The molecule has 2 rings (SSSR count). The first-order chi connectivity index (χ1) is 10.2. The minimum Gasteiger partial charge on any atom is -0.379 e. The van der Waals surface area contributed by atoms with Crippen LogP contribution in [-0.4, -0.2) is 38.5 Å². The Kier molecular flexibility index (Phi) is 6.79. The molecule has 0 bridgehead atoms. The van der Waals surface area contributed by atoms with E-state index < -0.39 is 0 Å². The summed E-state index contributed by atoms with van der Waals surface area (Å²) in [4.78, 5) is 11.6. The summed E-state index contributed by atoms with van der Waals surface area (Å²) >= 11 is 5.78. The van der Waals surface area contributed by atoms with Crippen LogP contribution in [0.3, 0.4) is 0 Å². The zero-order valence-corrected chi connectivity index (χ0v) is 12.7. The normalized spacial score (nSPS) is 17.7. The molecule has 0 aromatic heterocycles. The Hall–Kier alpha value is -1.30. The van der Waals surface area contributed by atoms with Crippen LogP contribution in [0.15, 0.2) is 24.3 Å². The number of carbonyl (C=O) groups excluding carboxylic acids is 1. The average molecular weight is 313 g/mol. The Morgan fingerprint density at radius 3 is 2.90 bits per heavy atom. The number of benzene rings is 1. The molecule has 5 nitrogen and oxygen atoms in total. The highest BCUT2D eigenvalue weighted by atomic mass is 35.5. The van der Waals surface area contributed by atoms with Gasteiger partial charge in [-0.1, -0.05) is 11.6 Å². The number of hydrogen-bond donors (Lipinski definition) is 2. The third-order valence-corrected chi connectivity index (χ3v) is 3.43. The van der Waals surface area contributed by atoms with Crippen molar-refractivity contribution in [3.63, 3.8) is 0 Å². The molecule has 1 aliphatic heterocycles. The fourth-order valence-electron chi connectivity index (χ4n) is 2.08. The van der Waals surface area contributed by atoms with Gasteiger partial charge in [0.1, 0.15) is 0 Å². The summed E-state index contributed by atoms with van der Waals surface area (Å²) in [6.45, 7) is 2.70. The Morgan fingerprint density at radius 2 is 2.19 bits per heavy atom. The Bertz CT molecular complexity index is 433. The molecule has 0 radical (unpaired) electrons. The lowest BCUT2D eigenvalue weighted by atomic mass is 10.2. The molecule has 21 heavy (non-hydrogen) atoms. The Labute approximate surface area is 130 Å². The Balaban J connectivity index is 1.49. The van der Waals surface area contributed by atoms with Gasteiger partial charge in [-0.25, -0.2) is 4.79 Å². The molecule has 2 N–H and O–H groups in total. The summed E-state index contributed by atoms with van der Waals surface area (Å²) < 4.78 is 11.0. The summed E-state index contributed by atoms with van der Waals surface area (Å²) in [7, 11) is 0. The molecular formula is C15H21ClN2O3. The summed E-state index contributed by atoms with van der Waals surface area (Å²) in [5, 5.41) is 6.16. The van der Waals surface area contributed by atoms with E-state index in [1.54, 1.807) is 24.3 Å². The lowest BCUT2D eigenvalue weighted by molar-refractivity contribution is 0.0168. The zero-order valence-electron chi connectivity index (χ0n) is 11.9. The maximum absolute atomic E-state index is 11.6. The number of ether oxygens (including phenoxy) is 2. The van der Waals surface area contributed by atoms with Crippen LogP contribution in [0.25, 0.3) is 0 Å². The smallest absolute Gasteiger partial charge is 0.319 e. The van der Waals surface area contributed by atoms with Crippen LogP contribution in [0.2, 0.25) is 5.02 Å². The summed E-state index contributed by atoms with van der Waals surface area (Å²) in [5.74, 6) is 0. The number of anilines is 1. The van der Waals surface area contributed by atoms with E-state index in [0.717, 1.165) is 25.9 Å². The topological polar surface area (TPSA) is 59.6 Å². The minimum absolute atomic E-state index is 0.226. The van der Waals surface area contributed by atoms with Crippen LogP contribution in [0.1, 0.15) is 19.3 Å². The van der Waals surface area contributed by atoms with Gasteiger partial charge in [0.25, 0.3) is 0 Å². The standard InChI is InChI=1S/C15H21ClN2O3/c16-12-4-6-13(7-5-12)18-15(19)17-8-2-9-20-11-14-3-1-10-21-14/h4-7,14H,1-3,8-11H2,(H2,17,18,19)/t14-/m0/s1. The van der Waals surface area contributed by atoms with Gasteiger partial charge in [0, 0.05) is 30.5 Å². The number of urea groups is 1. The van der Waals surface area contributed by atoms with E-state index in [1.165, 1.54) is 0 Å². The van der Waals surface area contributed by atoms with E-state index >= 15 is 0 Å². The van der Waals surface area contributed by atoms with Crippen LogP contribution >= 0.6 is 11.6 Å². The largest absolute Gasteiger partial charge is 0.379 e. The van der Waals surface area contributed by atoms with E-state index in [1.807, 2.05) is 0 Å². The number of halogens is 1. The second-order valence-electron chi connectivity index (χ2n) is 4.95. The number of nitrogens with one attached hydrogen (secondary N) is 2. The van der Waals surface area contributed by atoms with Crippen molar-refractivity contribution in [2.45, 2.75) is 25.4 Å². The molecule has 0 saturated carbocycles. The minimum atomic E-state index is -0.226. The van der Waals surface area contributed by atoms with E-state index in [2.05, 4.69) is 10.6 Å². The van der Waals surface area contributed by atoms with Gasteiger partial charge in [0.2, 0.25) is 0 Å². The first kappa shape index (κ1) is 16.1. The van der Waals surface area contributed by atoms with Gasteiger partial charge < -0.3 is 20.1 Å². The first-order valence-corrected chi connectivity index (χ1v) is 7.61. The molecule has 0 spiro atoms. The highest BCUT2D eigenvalue weighted by Gasteiger charge is 2.14. The SMILES string of the molecule is O=C(NCCCOC[C@@H]1CCCO1)Nc1ccc(Cl)cc1. The predicted octanol–water partition coefficient (Wildman–Crippen LogP) is 3.05. The van der Waals surface area contributed by atoms with Crippen LogP contribution in [0.4, 0.5) is 10.5 Å². The van der Waals surface area contributed by atoms with Gasteiger partial charge >= 0.3 is 6.03 Å². The quantitative estimate of drug-likeness (QED) is 0.761. The third-order valence-electron chi connectivity index (χ3n) is 3.18. The molecule has 1 saturated heterocycles. The van der Waals surface area contributed by atoms with Gasteiger partial charge in [-0.05, 0) is 43.5 Å². The van der Waals surface area contributed by atoms with Crippen molar-refractivity contribution in [2.24, 2.45) is 0 Å². The fourth-order valence-corrected chi connectivity index (χ4v) is 2.20. The van der Waals surface area contributed by atoms with E-state index in [4.69, 9.17) is 21.1 Å². The number of rotatable bonds is 7. The Morgan fingerprint density at radius 1 is 1.38 bits per heavy atom. The summed E-state index contributed by atoms with van der Waals surface area (Å²) in [6, 6.07) is 6.75. The number of amides is 2. The van der Waals surface area contributed by atoms with Gasteiger partial charge in [-0.15, -0.1) is 0 Å². The fraction of sp³-hybridized carbons (Fsp3) is 0.533. The van der Waals surface area contributed by atoms with Crippen molar-refractivity contribution in [2.75, 3.05) is 31.7 Å². The molecule has 1 aliphatic rings. The van der Waals surface area contributed by atoms with Gasteiger partial charge in [-0.3, -0.25) is 0 Å². The second-order valence-corrected chi connectivity index (χ2v) is 5.39. The average Bonchev–Trinajstić information content (AvgIpc) is 2.98. The monoisotopic (exact) mass is 312 g/mol. The molecule has 1 heterocycles. The predicted molar refractivity (Wildman–Crippen MR) is 82.9 cm³/mol. The molecule has 1 aromatic rings. The lowest BCUT2D eigenvalue weighted by Crippen LogP contribution is -2.30. The number of hydrogen-bond acceptors (Lipinski definition) is 3. The van der Waals surface area contributed by atoms with E-state index in [0.29, 0.717) is 30.5 Å². The molecule has 1 fully saturated rings. The molecule has 116 valence electrons. The molecule has 2 amide bonds. The first-order valence-electron chi connectivity index (χ1n) is 7.24. The van der Waals surface area contributed by atoms with Crippen molar-refractivity contribution in [1.82, 2.24) is 5.32 Å². The third kappa shape index (κ3) is 6.33. The maximum Gasteiger partial charge on any atom is 0.319 e. The lowest BCUT2D eigenvalue weighted by Gasteiger charge is -2.10. The second kappa shape index (κ2) is 8.87. The molecule has 0 aliphatic carbocycles. The summed E-state index contributed by atoms with van der Waals surface area (Å²) in [5.41, 5.74) is 0.714. The van der Waals surface area contributed by atoms with Crippen LogP contribution < -0.4 is 10.6 Å².